The molecule has 2 aromatic rings. The van der Waals surface area contributed by atoms with Crippen LogP contribution in [0.5, 0.6) is 0 Å². The van der Waals surface area contributed by atoms with Crippen LogP contribution in [0.1, 0.15) is 55.6 Å². The topological polar surface area (TPSA) is 51.5 Å². The molecule has 0 N–H and O–H groups in total. The van der Waals surface area contributed by atoms with Gasteiger partial charge in [0.2, 0.25) is 5.91 Å². The third kappa shape index (κ3) is 4.69. The maximum Gasteiger partial charge on any atom is 0.339 e. The lowest BCUT2D eigenvalue weighted by atomic mass is 10.0. The van der Waals surface area contributed by atoms with Crippen molar-refractivity contribution in [1.82, 2.24) is 9.47 Å². The molecule has 1 fully saturated rings. The number of ether oxygens (including phenoxy) is 1. The monoisotopic (exact) mass is 400 g/mol. The quantitative estimate of drug-likeness (QED) is 0.668. The van der Waals surface area contributed by atoms with Crippen LogP contribution in [0.3, 0.4) is 0 Å². The summed E-state index contributed by atoms with van der Waals surface area (Å²) in [6.45, 7) is 7.28. The molecule has 1 aromatic heterocycles. The van der Waals surface area contributed by atoms with Crippen molar-refractivity contribution < 1.29 is 18.7 Å². The molecule has 1 amide bonds. The number of amides is 1. The predicted octanol–water partition coefficient (Wildman–Crippen LogP) is 4.57. The van der Waals surface area contributed by atoms with Gasteiger partial charge in [-0.05, 0) is 75.9 Å². The number of rotatable bonds is 6. The summed E-state index contributed by atoms with van der Waals surface area (Å²) in [5, 5.41) is 0. The molecule has 156 valence electrons. The summed E-state index contributed by atoms with van der Waals surface area (Å²) in [7, 11) is 0. The maximum absolute atomic E-state index is 13.4. The molecule has 1 saturated heterocycles. The fourth-order valence-corrected chi connectivity index (χ4v) is 4.03. The van der Waals surface area contributed by atoms with Gasteiger partial charge in [-0.2, -0.15) is 0 Å². The normalized spacial score (nSPS) is 16.7. The molecule has 6 heteroatoms. The minimum Gasteiger partial charge on any atom is -0.462 e. The Morgan fingerprint density at radius 1 is 1.21 bits per heavy atom. The van der Waals surface area contributed by atoms with Gasteiger partial charge in [0.1, 0.15) is 5.82 Å². The van der Waals surface area contributed by atoms with E-state index in [1.165, 1.54) is 18.6 Å². The van der Waals surface area contributed by atoms with Crippen LogP contribution in [0.4, 0.5) is 4.39 Å². The number of hydrogen-bond acceptors (Lipinski definition) is 3. The van der Waals surface area contributed by atoms with Crippen molar-refractivity contribution in [3.8, 4) is 11.3 Å². The first-order valence-electron chi connectivity index (χ1n) is 10.3. The Labute approximate surface area is 171 Å². The molecule has 0 saturated carbocycles. The molecule has 0 spiro atoms. The summed E-state index contributed by atoms with van der Waals surface area (Å²) in [6, 6.07) is 8.20. The predicted molar refractivity (Wildman–Crippen MR) is 110 cm³/mol. The molecule has 1 aliphatic heterocycles. The van der Waals surface area contributed by atoms with E-state index in [9.17, 15) is 14.0 Å². The fraction of sp³-hybridized carbons (Fsp3) is 0.478. The third-order valence-electron chi connectivity index (χ3n) is 5.67. The average molecular weight is 400 g/mol. The first-order valence-corrected chi connectivity index (χ1v) is 10.3. The average Bonchev–Trinajstić information content (AvgIpc) is 3.03. The minimum atomic E-state index is -0.386. The number of carbonyl (C=O) groups excluding carboxylic acids is 2. The number of esters is 1. The van der Waals surface area contributed by atoms with Crippen molar-refractivity contribution in [2.45, 2.75) is 59.0 Å². The van der Waals surface area contributed by atoms with Crippen LogP contribution in [0.2, 0.25) is 0 Å². The van der Waals surface area contributed by atoms with E-state index in [-0.39, 0.29) is 23.7 Å². The lowest BCUT2D eigenvalue weighted by Gasteiger charge is -2.33. The Morgan fingerprint density at radius 3 is 2.59 bits per heavy atom. The summed E-state index contributed by atoms with van der Waals surface area (Å²) >= 11 is 0. The van der Waals surface area contributed by atoms with Crippen LogP contribution in [0, 0.1) is 12.7 Å². The molecule has 0 bridgehead atoms. The lowest BCUT2D eigenvalue weighted by molar-refractivity contribution is -0.134. The Kier molecular flexibility index (Phi) is 6.72. The van der Waals surface area contributed by atoms with Gasteiger partial charge >= 0.3 is 5.97 Å². The molecule has 2 heterocycles. The van der Waals surface area contributed by atoms with Gasteiger partial charge in [0, 0.05) is 36.9 Å². The van der Waals surface area contributed by atoms with Crippen LogP contribution < -0.4 is 0 Å². The summed E-state index contributed by atoms with van der Waals surface area (Å²) in [5.74, 6) is -0.570. The van der Waals surface area contributed by atoms with Gasteiger partial charge in [-0.15, -0.1) is 0 Å². The van der Waals surface area contributed by atoms with Crippen LogP contribution in [-0.4, -0.2) is 40.5 Å². The standard InChI is InChI=1S/C23H29FN2O3/c1-4-29-23(28)20-15-21(18-8-10-19(24)11-9-18)26(17(20)3)14-12-22(27)25-13-6-5-7-16(25)2/h8-11,15-16H,4-7,12-14H2,1-3H3/t16-/m0/s1. The number of nitrogens with zero attached hydrogens (tertiary/aromatic N) is 2. The van der Waals surface area contributed by atoms with E-state index < -0.39 is 0 Å². The molecular weight excluding hydrogens is 371 g/mol. The highest BCUT2D eigenvalue weighted by Crippen LogP contribution is 2.28. The van der Waals surface area contributed by atoms with Gasteiger partial charge in [0.15, 0.2) is 0 Å². The number of likely N-dealkylation sites (tertiary alicyclic amines) is 1. The lowest BCUT2D eigenvalue weighted by Crippen LogP contribution is -2.42. The molecule has 1 aliphatic rings. The van der Waals surface area contributed by atoms with Crippen LogP contribution in [0.25, 0.3) is 11.3 Å². The molecule has 0 aliphatic carbocycles. The molecule has 5 nitrogen and oxygen atoms in total. The second-order valence-corrected chi connectivity index (χ2v) is 7.59. The highest BCUT2D eigenvalue weighted by atomic mass is 19.1. The Bertz CT molecular complexity index is 873. The second kappa shape index (κ2) is 9.25. The van der Waals surface area contributed by atoms with Crippen molar-refractivity contribution in [3.63, 3.8) is 0 Å². The zero-order valence-corrected chi connectivity index (χ0v) is 17.4. The minimum absolute atomic E-state index is 0.132. The Morgan fingerprint density at radius 2 is 1.93 bits per heavy atom. The number of benzene rings is 1. The van der Waals surface area contributed by atoms with Crippen molar-refractivity contribution >= 4 is 11.9 Å². The van der Waals surface area contributed by atoms with Crippen molar-refractivity contribution in [2.24, 2.45) is 0 Å². The van der Waals surface area contributed by atoms with Gasteiger partial charge in [-0.25, -0.2) is 9.18 Å². The number of aromatic nitrogens is 1. The molecule has 29 heavy (non-hydrogen) atoms. The number of carbonyl (C=O) groups is 2. The molecule has 1 atom stereocenters. The third-order valence-corrected chi connectivity index (χ3v) is 5.67. The SMILES string of the molecule is CCOC(=O)c1cc(-c2ccc(F)cc2)n(CCC(=O)N2CCCC[C@@H]2C)c1C. The van der Waals surface area contributed by atoms with Crippen LogP contribution in [-0.2, 0) is 16.1 Å². The first kappa shape index (κ1) is 21.1. The van der Waals surface area contributed by atoms with E-state index in [4.69, 9.17) is 4.74 Å². The Hall–Kier alpha value is -2.63. The van der Waals surface area contributed by atoms with E-state index in [1.807, 2.05) is 16.4 Å². The Balaban J connectivity index is 1.88. The van der Waals surface area contributed by atoms with E-state index in [0.29, 0.717) is 25.1 Å². The number of halogens is 1. The highest BCUT2D eigenvalue weighted by Gasteiger charge is 2.24. The molecule has 0 unspecified atom stereocenters. The molecule has 3 rings (SSSR count). The largest absolute Gasteiger partial charge is 0.462 e. The summed E-state index contributed by atoms with van der Waals surface area (Å²) in [4.78, 5) is 27.1. The van der Waals surface area contributed by atoms with Gasteiger partial charge in [-0.3, -0.25) is 4.79 Å². The second-order valence-electron chi connectivity index (χ2n) is 7.59. The fourth-order valence-electron chi connectivity index (χ4n) is 4.03. The first-order chi connectivity index (χ1) is 13.9. The summed E-state index contributed by atoms with van der Waals surface area (Å²) < 4.78 is 20.5. The highest BCUT2D eigenvalue weighted by molar-refractivity contribution is 5.92. The van der Waals surface area contributed by atoms with Crippen LogP contribution in [0.15, 0.2) is 30.3 Å². The van der Waals surface area contributed by atoms with Crippen LogP contribution >= 0.6 is 0 Å². The summed E-state index contributed by atoms with van der Waals surface area (Å²) in [5.41, 5.74) is 2.81. The molecular formula is C23H29FN2O3. The summed E-state index contributed by atoms with van der Waals surface area (Å²) in [6.07, 6.45) is 3.62. The zero-order valence-electron chi connectivity index (χ0n) is 17.4. The van der Waals surface area contributed by atoms with E-state index in [0.717, 1.165) is 36.3 Å². The van der Waals surface area contributed by atoms with E-state index >= 15 is 0 Å². The van der Waals surface area contributed by atoms with Gasteiger partial charge in [0.05, 0.1) is 12.2 Å². The zero-order chi connectivity index (χ0) is 21.0. The van der Waals surface area contributed by atoms with Crippen molar-refractivity contribution in [2.75, 3.05) is 13.2 Å². The van der Waals surface area contributed by atoms with Crippen molar-refractivity contribution in [1.29, 1.82) is 0 Å². The van der Waals surface area contributed by atoms with Gasteiger partial charge < -0.3 is 14.2 Å². The van der Waals surface area contributed by atoms with Gasteiger partial charge in [-0.1, -0.05) is 0 Å². The van der Waals surface area contributed by atoms with E-state index in [2.05, 4.69) is 6.92 Å². The maximum atomic E-state index is 13.4. The molecule has 1 aromatic carbocycles. The number of hydrogen-bond donors (Lipinski definition) is 0. The van der Waals surface area contributed by atoms with E-state index in [1.54, 1.807) is 25.1 Å². The number of piperidine rings is 1. The molecule has 0 radical (unpaired) electrons. The smallest absolute Gasteiger partial charge is 0.339 e. The van der Waals surface area contributed by atoms with Gasteiger partial charge in [0.25, 0.3) is 0 Å². The van der Waals surface area contributed by atoms with Crippen molar-refractivity contribution in [3.05, 3.63) is 47.4 Å².